The van der Waals surface area contributed by atoms with Gasteiger partial charge in [0, 0.05) is 62.2 Å². The van der Waals surface area contributed by atoms with Gasteiger partial charge in [-0.3, -0.25) is 19.5 Å². The molecule has 1 fully saturated rings. The Bertz CT molecular complexity index is 1240. The minimum atomic E-state index is -4.46. The van der Waals surface area contributed by atoms with Gasteiger partial charge in [-0.2, -0.15) is 13.2 Å². The summed E-state index contributed by atoms with van der Waals surface area (Å²) in [5.41, 5.74) is 3.45. The number of likely N-dealkylation sites (tertiary alicyclic amines) is 1. The second-order valence-electron chi connectivity index (χ2n) is 10.1. The van der Waals surface area contributed by atoms with Gasteiger partial charge in [0.1, 0.15) is 0 Å². The highest BCUT2D eigenvalue weighted by molar-refractivity contribution is 5.99. The van der Waals surface area contributed by atoms with Crippen LogP contribution in [0.4, 0.5) is 13.2 Å². The predicted octanol–water partition coefficient (Wildman–Crippen LogP) is 4.22. The van der Waals surface area contributed by atoms with Crippen molar-refractivity contribution in [2.24, 2.45) is 0 Å². The first-order valence-corrected chi connectivity index (χ1v) is 12.9. The second-order valence-corrected chi connectivity index (χ2v) is 10.1. The van der Waals surface area contributed by atoms with Crippen molar-refractivity contribution in [3.63, 3.8) is 0 Å². The Hall–Kier alpha value is -3.31. The molecule has 8 nitrogen and oxygen atoms in total. The van der Waals surface area contributed by atoms with Crippen LogP contribution in [-0.2, 0) is 22.5 Å². The number of hydrogen-bond donors (Lipinski definition) is 0. The van der Waals surface area contributed by atoms with Crippen molar-refractivity contribution in [1.29, 1.82) is 0 Å². The highest BCUT2D eigenvalue weighted by Gasteiger charge is 2.34. The lowest BCUT2D eigenvalue weighted by atomic mass is 10.0. The Kier molecular flexibility index (Phi) is 8.70. The van der Waals surface area contributed by atoms with Crippen LogP contribution in [0.2, 0.25) is 0 Å². The van der Waals surface area contributed by atoms with Crippen LogP contribution in [0.1, 0.15) is 58.5 Å². The van der Waals surface area contributed by atoms with E-state index in [2.05, 4.69) is 21.4 Å². The number of alkyl halides is 3. The van der Waals surface area contributed by atoms with Gasteiger partial charge < -0.3 is 14.4 Å². The number of nitrogens with zero attached hydrogens (tertiary/aromatic N) is 4. The number of amides is 1. The molecule has 0 N–H and O–H groups in total. The Morgan fingerprint density at radius 2 is 1.97 bits per heavy atom. The quantitative estimate of drug-likeness (QED) is 0.413. The molecule has 2 aromatic rings. The third kappa shape index (κ3) is 6.83. The lowest BCUT2D eigenvalue weighted by Crippen LogP contribution is -2.40. The van der Waals surface area contributed by atoms with Crippen LogP contribution in [0.15, 0.2) is 36.7 Å². The number of Topliss-reactive ketones (excluding diaryl/α,β-unsaturated/α-hetero) is 1. The van der Waals surface area contributed by atoms with Gasteiger partial charge in [0.2, 0.25) is 5.88 Å². The number of fused-ring (bicyclic) bond motifs is 1. The first-order chi connectivity index (χ1) is 18.5. The molecule has 0 radical (unpaired) electrons. The third-order valence-electron chi connectivity index (χ3n) is 7.35. The second kappa shape index (κ2) is 11.8. The average molecular weight is 547 g/mol. The normalized spacial score (nSPS) is 17.3. The summed E-state index contributed by atoms with van der Waals surface area (Å²) in [4.78, 5) is 38.5. The molecule has 2 aliphatic heterocycles. The maximum absolute atomic E-state index is 13.3. The third-order valence-corrected chi connectivity index (χ3v) is 7.35. The molecule has 2 aromatic heterocycles. The van der Waals surface area contributed by atoms with Crippen LogP contribution in [-0.4, -0.2) is 77.1 Å². The number of ether oxygens (including phenoxy) is 2. The number of carbonyl (C=O) groups excluding carboxylic acids is 2. The Labute approximate surface area is 225 Å². The fraction of sp³-hybridized carbons (Fsp3) is 0.500. The number of ketones is 1. The number of halogens is 3. The largest absolute Gasteiger partial charge is 0.468 e. The number of aromatic nitrogens is 2. The fourth-order valence-electron chi connectivity index (χ4n) is 4.99. The molecule has 39 heavy (non-hydrogen) atoms. The zero-order chi connectivity index (χ0) is 28.3. The van der Waals surface area contributed by atoms with Crippen LogP contribution >= 0.6 is 0 Å². The fourth-order valence-corrected chi connectivity index (χ4v) is 4.99. The Morgan fingerprint density at radius 3 is 2.62 bits per heavy atom. The maximum atomic E-state index is 13.3. The summed E-state index contributed by atoms with van der Waals surface area (Å²) in [7, 11) is 1.70. The molecule has 210 valence electrons. The van der Waals surface area contributed by atoms with E-state index in [0.29, 0.717) is 34.5 Å². The van der Waals surface area contributed by atoms with E-state index >= 15 is 0 Å². The molecule has 1 unspecified atom stereocenters. The predicted molar refractivity (Wildman–Crippen MR) is 137 cm³/mol. The van der Waals surface area contributed by atoms with Crippen molar-refractivity contribution in [3.8, 4) is 5.88 Å². The Balaban J connectivity index is 1.41. The maximum Gasteiger partial charge on any atom is 0.422 e. The van der Waals surface area contributed by atoms with E-state index in [-0.39, 0.29) is 36.6 Å². The molecule has 1 amide bonds. The van der Waals surface area contributed by atoms with Gasteiger partial charge >= 0.3 is 6.18 Å². The van der Waals surface area contributed by atoms with Crippen LogP contribution in [0.5, 0.6) is 5.88 Å². The van der Waals surface area contributed by atoms with Gasteiger partial charge in [0.05, 0.1) is 24.4 Å². The lowest BCUT2D eigenvalue weighted by Gasteiger charge is -2.30. The molecular weight excluding hydrogens is 513 g/mol. The summed E-state index contributed by atoms with van der Waals surface area (Å²) >= 11 is 0. The number of hydrogen-bond acceptors (Lipinski definition) is 7. The molecule has 0 bridgehead atoms. The van der Waals surface area contributed by atoms with Crippen LogP contribution in [0, 0.1) is 6.92 Å². The van der Waals surface area contributed by atoms with Crippen molar-refractivity contribution >= 4 is 11.7 Å². The van der Waals surface area contributed by atoms with Gasteiger partial charge in [-0.15, -0.1) is 0 Å². The molecule has 1 atom stereocenters. The van der Waals surface area contributed by atoms with E-state index in [0.717, 1.165) is 31.5 Å². The molecule has 2 aliphatic rings. The molecule has 11 heteroatoms. The van der Waals surface area contributed by atoms with Crippen molar-refractivity contribution in [2.45, 2.75) is 58.0 Å². The number of methoxy groups -OCH3 is 1. The number of rotatable bonds is 10. The van der Waals surface area contributed by atoms with Crippen molar-refractivity contribution < 1.29 is 32.2 Å². The molecule has 0 aromatic carbocycles. The minimum Gasteiger partial charge on any atom is -0.468 e. The molecule has 0 aliphatic carbocycles. The van der Waals surface area contributed by atoms with E-state index < -0.39 is 18.8 Å². The average Bonchev–Trinajstić information content (AvgIpc) is 3.24. The van der Waals surface area contributed by atoms with Gasteiger partial charge in [0.15, 0.2) is 12.4 Å². The first-order valence-electron chi connectivity index (χ1n) is 12.9. The zero-order valence-corrected chi connectivity index (χ0v) is 22.4. The monoisotopic (exact) mass is 546 g/mol. The smallest absolute Gasteiger partial charge is 0.422 e. The van der Waals surface area contributed by atoms with Gasteiger partial charge in [-0.05, 0) is 50.0 Å². The molecule has 1 saturated heterocycles. The van der Waals surface area contributed by atoms with Gasteiger partial charge in [-0.25, -0.2) is 4.98 Å². The number of carbonyl (C=O) groups is 2. The number of piperidine rings is 1. The van der Waals surface area contributed by atoms with E-state index in [9.17, 15) is 22.8 Å². The number of aryl methyl sites for hydroxylation is 1. The highest BCUT2D eigenvalue weighted by Crippen LogP contribution is 2.34. The summed E-state index contributed by atoms with van der Waals surface area (Å²) in [5.74, 6) is -0.333. The number of pyridine rings is 2. The topological polar surface area (TPSA) is 84.9 Å². The van der Waals surface area contributed by atoms with E-state index in [1.807, 2.05) is 6.92 Å². The van der Waals surface area contributed by atoms with Crippen LogP contribution < -0.4 is 4.74 Å². The van der Waals surface area contributed by atoms with Crippen molar-refractivity contribution in [3.05, 3.63) is 64.6 Å². The van der Waals surface area contributed by atoms with Crippen molar-refractivity contribution in [2.75, 3.05) is 33.4 Å². The first kappa shape index (κ1) is 28.7. The summed E-state index contributed by atoms with van der Waals surface area (Å²) in [6.45, 7) is 8.20. The van der Waals surface area contributed by atoms with Gasteiger partial charge in [-0.1, -0.05) is 6.58 Å². The minimum absolute atomic E-state index is 0.0470. The standard InChI is InChI=1S/C28H33F3N4O4/c1-17(25(36)15-34-9-6-21(38-4)7-10-34)12-24-23-14-35(27(37)22(23)5-8-32-24)19(3)20-11-18(2)26(33-13-20)39-16-28(29,30)31/h5,8,11,13,19,21H,1,6-7,9-10,12,14-16H2,2-4H3. The Morgan fingerprint density at radius 1 is 1.26 bits per heavy atom. The van der Waals surface area contributed by atoms with E-state index in [4.69, 9.17) is 9.47 Å². The zero-order valence-electron chi connectivity index (χ0n) is 22.4. The molecule has 0 saturated carbocycles. The highest BCUT2D eigenvalue weighted by atomic mass is 19.4. The molecule has 4 rings (SSSR count). The summed E-state index contributed by atoms with van der Waals surface area (Å²) in [6, 6.07) is 2.94. The SMILES string of the molecule is C=C(Cc1nccc2c1CN(C(C)c1cnc(OCC(F)(F)F)c(C)c1)C2=O)C(=O)CN1CCC(OC)CC1. The summed E-state index contributed by atoms with van der Waals surface area (Å²) in [6.07, 6.45) is 0.783. The van der Waals surface area contributed by atoms with E-state index in [1.54, 1.807) is 37.3 Å². The summed E-state index contributed by atoms with van der Waals surface area (Å²) < 4.78 is 47.7. The molecular formula is C28H33F3N4O4. The molecule has 4 heterocycles. The molecule has 0 spiro atoms. The van der Waals surface area contributed by atoms with E-state index in [1.165, 1.54) is 6.20 Å². The van der Waals surface area contributed by atoms with Crippen molar-refractivity contribution in [1.82, 2.24) is 19.8 Å². The summed E-state index contributed by atoms with van der Waals surface area (Å²) in [5, 5.41) is 0. The van der Waals surface area contributed by atoms with Gasteiger partial charge in [0.25, 0.3) is 5.91 Å². The van der Waals surface area contributed by atoms with Crippen LogP contribution in [0.3, 0.4) is 0 Å². The van der Waals surface area contributed by atoms with Crippen LogP contribution in [0.25, 0.3) is 0 Å². The lowest BCUT2D eigenvalue weighted by molar-refractivity contribution is -0.154.